The van der Waals surface area contributed by atoms with Crippen molar-refractivity contribution in [2.45, 2.75) is 464 Å². The van der Waals surface area contributed by atoms with Gasteiger partial charge in [-0.15, -0.1) is 0 Å². The van der Waals surface area contributed by atoms with E-state index in [1.54, 1.807) is 0 Å². The summed E-state index contributed by atoms with van der Waals surface area (Å²) in [4.78, 5) is 41.6. The Hall–Kier alpha value is -2.45. The van der Waals surface area contributed by atoms with Crippen LogP contribution in [0.15, 0.2) is 48.6 Å². The minimum atomic E-state index is -0.915. The molecule has 0 N–H and O–H groups in total. The standard InChI is InChI=1S/2C44H82O4.Ti/c2*1-3-36-42(38-33-29-25-21-17-13-9-7-11-15-19-23-27-31-35-40-44(47)48)41(4-2)37-32-28-24-20-16-12-8-5-6-10-14-18-22-26-30-34-39-43(45)46;/h2*6-7,10-11,41-42H,3-5,8-9,12-40H2,1-2H3,(H,45,46)(H,47,48);/q;;+4/p-4/b2*10-6-,11-7-;. The van der Waals surface area contributed by atoms with Crippen LogP contribution < -0.4 is 20.4 Å². The molecule has 0 spiro atoms. The zero-order chi connectivity index (χ0) is 70.4. The number of carbonyl (C=O) groups excluding carboxylic acids is 4. The average molecular weight is 1390 g/mol. The molecule has 0 rings (SSSR count). The van der Waals surface area contributed by atoms with E-state index in [-0.39, 0.29) is 47.4 Å². The Morgan fingerprint density at radius 3 is 0.505 bits per heavy atom. The molecule has 0 fully saturated rings. The predicted molar refractivity (Wildman–Crippen MR) is 407 cm³/mol. The van der Waals surface area contributed by atoms with E-state index in [1.807, 2.05) is 0 Å². The van der Waals surface area contributed by atoms with Crippen molar-refractivity contribution < 1.29 is 61.3 Å². The fraction of sp³-hybridized carbons (Fsp3) is 0.864. The molecule has 0 bridgehead atoms. The van der Waals surface area contributed by atoms with Crippen molar-refractivity contribution in [1.82, 2.24) is 0 Å². The number of carboxylic acids is 4. The van der Waals surface area contributed by atoms with E-state index < -0.39 is 23.9 Å². The molecule has 0 aliphatic carbocycles. The van der Waals surface area contributed by atoms with E-state index in [1.165, 1.54) is 334 Å². The number of hydrogen-bond donors (Lipinski definition) is 0. The van der Waals surface area contributed by atoms with Crippen LogP contribution in [0.3, 0.4) is 0 Å². The summed E-state index contributed by atoms with van der Waals surface area (Å²) in [5.74, 6) is 0.107. The van der Waals surface area contributed by atoms with Crippen LogP contribution in [-0.2, 0) is 40.9 Å². The second kappa shape index (κ2) is 84.2. The van der Waals surface area contributed by atoms with Gasteiger partial charge < -0.3 is 39.6 Å². The normalized spacial score (nSPS) is 13.0. The summed E-state index contributed by atoms with van der Waals surface area (Å²) in [5.41, 5.74) is 0. The molecule has 0 aromatic carbocycles. The summed E-state index contributed by atoms with van der Waals surface area (Å²) in [6.45, 7) is 9.62. The molecule has 9 heteroatoms. The molecule has 0 saturated heterocycles. The van der Waals surface area contributed by atoms with Crippen LogP contribution in [-0.4, -0.2) is 23.9 Å². The SMILES string of the molecule is CCCC(CCCCCCCC/C=C\CCCCCCCC(=O)[O-])C(CC)CCCCCCCCC/C=C\CCCCCCCC(=O)[O-].CCCC(CCCCCCCC/C=C\CCCCCCCC(=O)[O-])C(CC)CCCCCCCCC/C=C\CCCCCCCC(=O)[O-].[Ti+4]. The van der Waals surface area contributed by atoms with E-state index in [2.05, 4.69) is 76.3 Å². The van der Waals surface area contributed by atoms with Gasteiger partial charge in [-0.2, -0.15) is 0 Å². The monoisotopic (exact) mass is 1390 g/mol. The molecule has 0 saturated carbocycles. The first-order valence-corrected chi connectivity index (χ1v) is 42.4. The second-order valence-electron chi connectivity index (χ2n) is 29.5. The molecule has 0 aliphatic heterocycles. The first kappa shape index (κ1) is 98.7. The van der Waals surface area contributed by atoms with Crippen LogP contribution in [0.1, 0.15) is 464 Å². The number of unbranched alkanes of at least 4 members (excludes halogenated alkanes) is 46. The topological polar surface area (TPSA) is 161 Å². The molecule has 0 heterocycles. The molecule has 97 heavy (non-hydrogen) atoms. The molecule has 8 nitrogen and oxygen atoms in total. The number of rotatable bonds is 78. The third kappa shape index (κ3) is 82.4. The van der Waals surface area contributed by atoms with Gasteiger partial charge in [0.15, 0.2) is 0 Å². The average Bonchev–Trinajstić information content (AvgIpc) is 2.46. The maximum absolute atomic E-state index is 10.4. The summed E-state index contributed by atoms with van der Waals surface area (Å²) in [7, 11) is 0. The molecule has 4 unspecified atom stereocenters. The summed E-state index contributed by atoms with van der Waals surface area (Å²) in [6.07, 6.45) is 101. The fourth-order valence-electron chi connectivity index (χ4n) is 14.6. The Labute approximate surface area is 618 Å². The number of allylic oxidation sites excluding steroid dienone is 8. The van der Waals surface area contributed by atoms with Crippen molar-refractivity contribution in [2.24, 2.45) is 23.7 Å². The first-order valence-electron chi connectivity index (χ1n) is 42.4. The molecule has 0 aromatic rings. The van der Waals surface area contributed by atoms with E-state index in [0.717, 1.165) is 101 Å². The van der Waals surface area contributed by atoms with Gasteiger partial charge in [0.2, 0.25) is 0 Å². The largest absolute Gasteiger partial charge is 4.00 e. The maximum Gasteiger partial charge on any atom is 4.00 e. The molecule has 564 valence electrons. The van der Waals surface area contributed by atoms with Gasteiger partial charge in [0.25, 0.3) is 0 Å². The van der Waals surface area contributed by atoms with E-state index in [4.69, 9.17) is 0 Å². The fourth-order valence-corrected chi connectivity index (χ4v) is 14.6. The van der Waals surface area contributed by atoms with Gasteiger partial charge >= 0.3 is 21.7 Å². The van der Waals surface area contributed by atoms with Crippen LogP contribution in [0.25, 0.3) is 0 Å². The van der Waals surface area contributed by atoms with Gasteiger partial charge in [-0.1, -0.05) is 359 Å². The molecular weight excluding hydrogens is 1230 g/mol. The number of aliphatic carboxylic acids is 4. The zero-order valence-corrected chi connectivity index (χ0v) is 66.3. The molecule has 0 aromatic heterocycles. The van der Waals surface area contributed by atoms with Gasteiger partial charge in [-0.25, -0.2) is 0 Å². The molecule has 0 amide bonds. The van der Waals surface area contributed by atoms with Gasteiger partial charge in [0.1, 0.15) is 0 Å². The third-order valence-electron chi connectivity index (χ3n) is 20.7. The van der Waals surface area contributed by atoms with E-state index in [9.17, 15) is 39.6 Å². The minimum Gasteiger partial charge on any atom is -0.550 e. The van der Waals surface area contributed by atoms with Gasteiger partial charge in [0, 0.05) is 23.9 Å². The van der Waals surface area contributed by atoms with Crippen LogP contribution in [0.4, 0.5) is 0 Å². The van der Waals surface area contributed by atoms with Crippen LogP contribution in [0.2, 0.25) is 0 Å². The number of carboxylic acid groups (broad SMARTS) is 4. The molecule has 4 atom stereocenters. The van der Waals surface area contributed by atoms with Crippen LogP contribution in [0, 0.1) is 23.7 Å². The quantitative estimate of drug-likeness (QED) is 0.0330. The Morgan fingerprint density at radius 1 is 0.206 bits per heavy atom. The van der Waals surface area contributed by atoms with Crippen molar-refractivity contribution in [2.75, 3.05) is 0 Å². The number of hydrogen-bond acceptors (Lipinski definition) is 8. The Morgan fingerprint density at radius 2 is 0.351 bits per heavy atom. The Bertz CT molecular complexity index is 1620. The first-order chi connectivity index (χ1) is 47.0. The van der Waals surface area contributed by atoms with Crippen molar-refractivity contribution in [3.05, 3.63) is 48.6 Å². The van der Waals surface area contributed by atoms with E-state index >= 15 is 0 Å². The minimum absolute atomic E-state index is 0. The van der Waals surface area contributed by atoms with Gasteiger partial charge in [0.05, 0.1) is 0 Å². The molecule has 0 aliphatic rings. The summed E-state index contributed by atoms with van der Waals surface area (Å²) in [5, 5.41) is 41.6. The van der Waals surface area contributed by atoms with Crippen molar-refractivity contribution in [3.8, 4) is 0 Å². The van der Waals surface area contributed by atoms with Crippen LogP contribution in [0.5, 0.6) is 0 Å². The smallest absolute Gasteiger partial charge is 0.550 e. The van der Waals surface area contributed by atoms with Gasteiger partial charge in [-0.3, -0.25) is 0 Å². The van der Waals surface area contributed by atoms with Crippen LogP contribution >= 0.6 is 0 Å². The van der Waals surface area contributed by atoms with E-state index in [0.29, 0.717) is 0 Å². The van der Waals surface area contributed by atoms with Crippen molar-refractivity contribution >= 4 is 23.9 Å². The molecular formula is C88H160O8Ti. The van der Waals surface area contributed by atoms with Crippen molar-refractivity contribution in [3.63, 3.8) is 0 Å². The summed E-state index contributed by atoms with van der Waals surface area (Å²) >= 11 is 0. The predicted octanol–water partition coefficient (Wildman–Crippen LogP) is 24.3. The Balaban J connectivity index is -0.00000180. The van der Waals surface area contributed by atoms with Crippen molar-refractivity contribution in [1.29, 1.82) is 0 Å². The maximum atomic E-state index is 10.4. The summed E-state index contributed by atoms with van der Waals surface area (Å²) in [6, 6.07) is 0. The summed E-state index contributed by atoms with van der Waals surface area (Å²) < 4.78 is 0. The third-order valence-corrected chi connectivity index (χ3v) is 20.7. The number of carbonyl (C=O) groups is 4. The van der Waals surface area contributed by atoms with Gasteiger partial charge in [-0.05, 0) is 178 Å². The second-order valence-corrected chi connectivity index (χ2v) is 29.5. The zero-order valence-electron chi connectivity index (χ0n) is 64.8. The Kier molecular flexibility index (Phi) is 85.7. The molecule has 0 radical (unpaired) electrons.